The number of benzene rings is 1. The minimum atomic E-state index is 0.394. The minimum absolute atomic E-state index is 0.394. The van der Waals surface area contributed by atoms with Crippen molar-refractivity contribution in [2.24, 2.45) is 5.41 Å². The van der Waals surface area contributed by atoms with Crippen molar-refractivity contribution in [2.75, 3.05) is 23.7 Å². The number of fused-ring (bicyclic) bond motifs is 1. The van der Waals surface area contributed by atoms with Crippen LogP contribution < -0.4 is 10.6 Å². The lowest BCUT2D eigenvalue weighted by Crippen LogP contribution is -2.33. The zero-order valence-corrected chi connectivity index (χ0v) is 10.6. The summed E-state index contributed by atoms with van der Waals surface area (Å²) in [6.07, 6.45) is 2.44. The van der Waals surface area contributed by atoms with E-state index in [1.54, 1.807) is 0 Å². The first-order valence-electron chi connectivity index (χ1n) is 6.28. The second-order valence-electron chi connectivity index (χ2n) is 4.91. The number of anilines is 2. The number of rotatable bonds is 2. The van der Waals surface area contributed by atoms with Crippen molar-refractivity contribution in [3.63, 3.8) is 0 Å². The molecule has 16 heavy (non-hydrogen) atoms. The molecule has 2 heteroatoms. The zero-order chi connectivity index (χ0) is 11.6. The van der Waals surface area contributed by atoms with Crippen LogP contribution in [0.3, 0.4) is 0 Å². The average molecular weight is 218 g/mol. The normalized spacial score (nSPS) is 17.9. The molecule has 2 N–H and O–H groups in total. The first-order chi connectivity index (χ1) is 7.71. The molecule has 1 aromatic carbocycles. The molecule has 0 spiro atoms. The highest BCUT2D eigenvalue weighted by Gasteiger charge is 2.28. The van der Waals surface area contributed by atoms with Crippen LogP contribution in [0.2, 0.25) is 0 Å². The van der Waals surface area contributed by atoms with Crippen LogP contribution in [0, 0.1) is 12.3 Å². The summed E-state index contributed by atoms with van der Waals surface area (Å²) in [5.74, 6) is 0. The summed E-state index contributed by atoms with van der Waals surface area (Å²) in [5, 5.41) is 7.22. The predicted molar refractivity (Wildman–Crippen MR) is 71.2 cm³/mol. The van der Waals surface area contributed by atoms with Crippen LogP contribution in [0.5, 0.6) is 0 Å². The zero-order valence-electron chi connectivity index (χ0n) is 10.6. The number of hydrogen-bond acceptors (Lipinski definition) is 2. The third-order valence-corrected chi connectivity index (χ3v) is 4.07. The lowest BCUT2D eigenvalue weighted by Gasteiger charge is -2.30. The highest BCUT2D eigenvalue weighted by molar-refractivity contribution is 5.73. The summed E-state index contributed by atoms with van der Waals surface area (Å²) >= 11 is 0. The fraction of sp³-hybridized carbons (Fsp3) is 0.571. The van der Waals surface area contributed by atoms with Gasteiger partial charge < -0.3 is 10.6 Å². The topological polar surface area (TPSA) is 24.1 Å². The van der Waals surface area contributed by atoms with Gasteiger partial charge in [-0.25, -0.2) is 0 Å². The Bertz CT molecular complexity index is 367. The van der Waals surface area contributed by atoms with Gasteiger partial charge in [-0.3, -0.25) is 0 Å². The standard InChI is InChI=1S/C14H22N2/c1-4-14(5-2)9-15-12-8-6-7-11(3)13(12)16-10-14/h6-8,15-16H,4-5,9-10H2,1-3H3. The second kappa shape index (κ2) is 4.36. The molecular formula is C14H22N2. The predicted octanol–water partition coefficient (Wildman–Crippen LogP) is 3.64. The molecule has 1 aromatic rings. The molecule has 0 aromatic heterocycles. The summed E-state index contributed by atoms with van der Waals surface area (Å²) in [4.78, 5) is 0. The fourth-order valence-corrected chi connectivity index (χ4v) is 2.42. The largest absolute Gasteiger partial charge is 0.383 e. The molecule has 88 valence electrons. The van der Waals surface area contributed by atoms with Crippen molar-refractivity contribution in [2.45, 2.75) is 33.6 Å². The van der Waals surface area contributed by atoms with Gasteiger partial charge in [-0.15, -0.1) is 0 Å². The molecular weight excluding hydrogens is 196 g/mol. The quantitative estimate of drug-likeness (QED) is 0.792. The Morgan fingerprint density at radius 1 is 1.12 bits per heavy atom. The number of para-hydroxylation sites is 1. The molecule has 0 bridgehead atoms. The van der Waals surface area contributed by atoms with Crippen LogP contribution in [0.1, 0.15) is 32.3 Å². The third-order valence-electron chi connectivity index (χ3n) is 4.07. The molecule has 0 aliphatic carbocycles. The van der Waals surface area contributed by atoms with Crippen molar-refractivity contribution in [3.8, 4) is 0 Å². The van der Waals surface area contributed by atoms with E-state index in [0.29, 0.717) is 5.41 Å². The summed E-state index contributed by atoms with van der Waals surface area (Å²) in [5.41, 5.74) is 4.26. The Morgan fingerprint density at radius 3 is 2.50 bits per heavy atom. The van der Waals surface area contributed by atoms with Crippen LogP contribution in [0.15, 0.2) is 18.2 Å². The van der Waals surface area contributed by atoms with Gasteiger partial charge in [-0.2, -0.15) is 0 Å². The van der Waals surface area contributed by atoms with E-state index in [1.807, 2.05) is 0 Å². The van der Waals surface area contributed by atoms with Gasteiger partial charge >= 0.3 is 0 Å². The monoisotopic (exact) mass is 218 g/mol. The Labute approximate surface area is 98.4 Å². The molecule has 1 aliphatic rings. The second-order valence-corrected chi connectivity index (χ2v) is 4.91. The molecule has 0 fully saturated rings. The van der Waals surface area contributed by atoms with Gasteiger partial charge in [0.25, 0.3) is 0 Å². The van der Waals surface area contributed by atoms with E-state index in [-0.39, 0.29) is 0 Å². The van der Waals surface area contributed by atoms with Crippen LogP contribution in [0.4, 0.5) is 11.4 Å². The summed E-state index contributed by atoms with van der Waals surface area (Å²) in [6, 6.07) is 6.45. The van der Waals surface area contributed by atoms with Crippen molar-refractivity contribution >= 4 is 11.4 Å². The fourth-order valence-electron chi connectivity index (χ4n) is 2.42. The molecule has 0 amide bonds. The van der Waals surface area contributed by atoms with Crippen LogP contribution in [-0.4, -0.2) is 13.1 Å². The van der Waals surface area contributed by atoms with E-state index >= 15 is 0 Å². The summed E-state index contributed by atoms with van der Waals surface area (Å²) in [7, 11) is 0. The molecule has 0 saturated heterocycles. The van der Waals surface area contributed by atoms with Crippen molar-refractivity contribution in [1.29, 1.82) is 0 Å². The number of hydrogen-bond donors (Lipinski definition) is 2. The lowest BCUT2D eigenvalue weighted by molar-refractivity contribution is 0.307. The van der Waals surface area contributed by atoms with Gasteiger partial charge in [-0.1, -0.05) is 26.0 Å². The van der Waals surface area contributed by atoms with E-state index in [9.17, 15) is 0 Å². The maximum absolute atomic E-state index is 3.62. The molecule has 1 heterocycles. The number of aryl methyl sites for hydroxylation is 1. The molecule has 0 unspecified atom stereocenters. The molecule has 2 rings (SSSR count). The SMILES string of the molecule is CCC1(CC)CNc2cccc(C)c2NC1. The molecule has 1 aliphatic heterocycles. The van der Waals surface area contributed by atoms with E-state index in [4.69, 9.17) is 0 Å². The maximum atomic E-state index is 3.62. The van der Waals surface area contributed by atoms with Gasteiger partial charge in [0.2, 0.25) is 0 Å². The summed E-state index contributed by atoms with van der Waals surface area (Å²) in [6.45, 7) is 8.89. The Hall–Kier alpha value is -1.18. The Balaban J connectivity index is 2.28. The van der Waals surface area contributed by atoms with Crippen LogP contribution >= 0.6 is 0 Å². The molecule has 0 atom stereocenters. The Morgan fingerprint density at radius 2 is 1.81 bits per heavy atom. The summed E-state index contributed by atoms with van der Waals surface area (Å²) < 4.78 is 0. The average Bonchev–Trinajstić information content (AvgIpc) is 2.50. The highest BCUT2D eigenvalue weighted by atomic mass is 15.0. The van der Waals surface area contributed by atoms with E-state index in [1.165, 1.54) is 29.8 Å². The molecule has 0 radical (unpaired) electrons. The van der Waals surface area contributed by atoms with E-state index < -0.39 is 0 Å². The van der Waals surface area contributed by atoms with Crippen molar-refractivity contribution in [3.05, 3.63) is 23.8 Å². The van der Waals surface area contributed by atoms with Gasteiger partial charge in [0.15, 0.2) is 0 Å². The highest BCUT2D eigenvalue weighted by Crippen LogP contribution is 2.35. The molecule has 2 nitrogen and oxygen atoms in total. The third kappa shape index (κ3) is 1.89. The van der Waals surface area contributed by atoms with Crippen molar-refractivity contribution < 1.29 is 0 Å². The maximum Gasteiger partial charge on any atom is 0.0605 e. The van der Waals surface area contributed by atoms with E-state index in [2.05, 4.69) is 49.6 Å². The van der Waals surface area contributed by atoms with Crippen molar-refractivity contribution in [1.82, 2.24) is 0 Å². The van der Waals surface area contributed by atoms with Crippen LogP contribution in [-0.2, 0) is 0 Å². The Kier molecular flexibility index (Phi) is 3.08. The first-order valence-corrected chi connectivity index (χ1v) is 6.28. The van der Waals surface area contributed by atoms with Gasteiger partial charge in [-0.05, 0) is 31.4 Å². The lowest BCUT2D eigenvalue weighted by atomic mass is 9.82. The van der Waals surface area contributed by atoms with Gasteiger partial charge in [0.05, 0.1) is 11.4 Å². The van der Waals surface area contributed by atoms with Gasteiger partial charge in [0, 0.05) is 18.5 Å². The van der Waals surface area contributed by atoms with Gasteiger partial charge in [0.1, 0.15) is 0 Å². The molecule has 0 saturated carbocycles. The minimum Gasteiger partial charge on any atom is -0.383 e. The smallest absolute Gasteiger partial charge is 0.0605 e. The number of nitrogens with one attached hydrogen (secondary N) is 2. The first kappa shape index (κ1) is 11.3. The van der Waals surface area contributed by atoms with Crippen LogP contribution in [0.25, 0.3) is 0 Å². The van der Waals surface area contributed by atoms with E-state index in [0.717, 1.165) is 13.1 Å².